The molecule has 0 aromatic heterocycles. The van der Waals surface area contributed by atoms with Gasteiger partial charge in [-0.2, -0.15) is 8.78 Å². The minimum Gasteiger partial charge on any atom is -0.375 e. The van der Waals surface area contributed by atoms with Crippen LogP contribution >= 0.6 is 0 Å². The Bertz CT molecular complexity index is 139. The molecule has 0 saturated carbocycles. The van der Waals surface area contributed by atoms with Crippen molar-refractivity contribution >= 4 is 0 Å². The maximum absolute atomic E-state index is 13.0. The van der Waals surface area contributed by atoms with Gasteiger partial charge in [0.2, 0.25) is 0 Å². The number of methoxy groups -OCH3 is 1. The van der Waals surface area contributed by atoms with Crippen molar-refractivity contribution < 1.29 is 13.5 Å². The van der Waals surface area contributed by atoms with E-state index < -0.39 is 12.0 Å². The third-order valence-electron chi connectivity index (χ3n) is 1.55. The van der Waals surface area contributed by atoms with Gasteiger partial charge in [0.05, 0.1) is 0 Å². The monoisotopic (exact) mass is 177 g/mol. The van der Waals surface area contributed by atoms with E-state index in [-0.39, 0.29) is 6.42 Å². The normalized spacial score (nSPS) is 15.4. The van der Waals surface area contributed by atoms with Crippen LogP contribution in [0.1, 0.15) is 19.8 Å². The first-order valence-electron chi connectivity index (χ1n) is 3.96. The van der Waals surface area contributed by atoms with Gasteiger partial charge in [-0.3, -0.25) is 0 Å². The third-order valence-corrected chi connectivity index (χ3v) is 1.55. The van der Waals surface area contributed by atoms with E-state index in [4.69, 9.17) is 0 Å². The average molecular weight is 177 g/mol. The third kappa shape index (κ3) is 3.30. The van der Waals surface area contributed by atoms with Crippen LogP contribution in [0.4, 0.5) is 8.78 Å². The van der Waals surface area contributed by atoms with E-state index in [0.717, 1.165) is 6.08 Å². The number of allylic oxidation sites excluding steroid dienone is 1. The molecular formula is C9H15F2O. The summed E-state index contributed by atoms with van der Waals surface area (Å²) in [5, 5.41) is 0. The van der Waals surface area contributed by atoms with Crippen LogP contribution in [0.5, 0.6) is 0 Å². The molecule has 0 rings (SSSR count). The topological polar surface area (TPSA) is 9.23 Å². The van der Waals surface area contributed by atoms with Crippen LogP contribution < -0.4 is 0 Å². The van der Waals surface area contributed by atoms with Gasteiger partial charge in [-0.1, -0.05) is 19.9 Å². The standard InChI is InChI=1S/C9H15F2O/c1-4-6-7-9(10,11)8(5-2)12-3/h6-8H,2,4-5H2,1,3H3/b7-6-. The lowest BCUT2D eigenvalue weighted by molar-refractivity contribution is -0.0874. The van der Waals surface area contributed by atoms with Gasteiger partial charge < -0.3 is 4.74 Å². The molecular weight excluding hydrogens is 162 g/mol. The quantitative estimate of drug-likeness (QED) is 0.587. The fourth-order valence-corrected chi connectivity index (χ4v) is 0.850. The maximum Gasteiger partial charge on any atom is 0.292 e. The van der Waals surface area contributed by atoms with E-state index >= 15 is 0 Å². The number of halogens is 2. The Hall–Kier alpha value is -0.440. The van der Waals surface area contributed by atoms with E-state index in [2.05, 4.69) is 11.7 Å². The molecule has 0 N–H and O–H groups in total. The Morgan fingerprint density at radius 3 is 2.50 bits per heavy atom. The Labute approximate surface area is 72.4 Å². The van der Waals surface area contributed by atoms with Gasteiger partial charge in [-0.15, -0.1) is 0 Å². The highest BCUT2D eigenvalue weighted by atomic mass is 19.3. The van der Waals surface area contributed by atoms with E-state index in [9.17, 15) is 8.78 Å². The van der Waals surface area contributed by atoms with Crippen molar-refractivity contribution in [1.82, 2.24) is 0 Å². The molecule has 0 bridgehead atoms. The van der Waals surface area contributed by atoms with Crippen molar-refractivity contribution in [1.29, 1.82) is 0 Å². The molecule has 0 aromatic carbocycles. The SMILES string of the molecule is [CH2]CC(OC)C(F)(F)/C=C\CC. The zero-order chi connectivity index (χ0) is 9.61. The van der Waals surface area contributed by atoms with E-state index in [1.165, 1.54) is 13.2 Å². The second kappa shape index (κ2) is 5.25. The summed E-state index contributed by atoms with van der Waals surface area (Å²) in [4.78, 5) is 0. The summed E-state index contributed by atoms with van der Waals surface area (Å²) in [6.45, 7) is 5.20. The Morgan fingerprint density at radius 1 is 1.58 bits per heavy atom. The molecule has 1 atom stereocenters. The lowest BCUT2D eigenvalue weighted by Gasteiger charge is -2.21. The largest absolute Gasteiger partial charge is 0.375 e. The zero-order valence-electron chi connectivity index (χ0n) is 7.52. The van der Waals surface area contributed by atoms with Crippen molar-refractivity contribution in [2.24, 2.45) is 0 Å². The van der Waals surface area contributed by atoms with Crippen LogP contribution in [-0.2, 0) is 4.74 Å². The fraction of sp³-hybridized carbons (Fsp3) is 0.667. The lowest BCUT2D eigenvalue weighted by atomic mass is 10.1. The molecule has 0 spiro atoms. The summed E-state index contributed by atoms with van der Waals surface area (Å²) in [5.74, 6) is -2.90. The van der Waals surface area contributed by atoms with Gasteiger partial charge in [-0.25, -0.2) is 0 Å². The molecule has 1 unspecified atom stereocenters. The summed E-state index contributed by atoms with van der Waals surface area (Å²) in [5.41, 5.74) is 0. The molecule has 0 aromatic rings. The molecule has 12 heavy (non-hydrogen) atoms. The van der Waals surface area contributed by atoms with Crippen LogP contribution in [0, 0.1) is 6.92 Å². The molecule has 0 aliphatic heterocycles. The van der Waals surface area contributed by atoms with Crippen molar-refractivity contribution in [3.8, 4) is 0 Å². The van der Waals surface area contributed by atoms with Crippen molar-refractivity contribution in [3.05, 3.63) is 19.1 Å². The predicted octanol–water partition coefficient (Wildman–Crippen LogP) is 2.83. The number of ether oxygens (including phenoxy) is 1. The van der Waals surface area contributed by atoms with Gasteiger partial charge >= 0.3 is 0 Å². The lowest BCUT2D eigenvalue weighted by Crippen LogP contribution is -2.32. The molecule has 0 aliphatic rings. The zero-order valence-corrected chi connectivity index (χ0v) is 7.52. The highest BCUT2D eigenvalue weighted by molar-refractivity contribution is 4.99. The highest BCUT2D eigenvalue weighted by Gasteiger charge is 2.35. The van der Waals surface area contributed by atoms with Crippen LogP contribution in [0.25, 0.3) is 0 Å². The molecule has 0 heterocycles. The molecule has 0 fully saturated rings. The molecule has 0 saturated heterocycles. The summed E-state index contributed by atoms with van der Waals surface area (Å²) in [6.07, 6.45) is 1.87. The molecule has 71 valence electrons. The van der Waals surface area contributed by atoms with Gasteiger partial charge in [0.15, 0.2) is 0 Å². The van der Waals surface area contributed by atoms with E-state index in [1.807, 2.05) is 0 Å². The summed E-state index contributed by atoms with van der Waals surface area (Å²) < 4.78 is 30.6. The van der Waals surface area contributed by atoms with Crippen molar-refractivity contribution in [3.63, 3.8) is 0 Å². The molecule has 1 radical (unpaired) electrons. The van der Waals surface area contributed by atoms with Gasteiger partial charge in [0.1, 0.15) is 6.10 Å². The van der Waals surface area contributed by atoms with Gasteiger partial charge in [-0.05, 0) is 18.9 Å². The van der Waals surface area contributed by atoms with Crippen molar-refractivity contribution in [2.45, 2.75) is 31.8 Å². The fourth-order valence-electron chi connectivity index (χ4n) is 0.850. The first-order chi connectivity index (χ1) is 5.58. The Kier molecular flexibility index (Phi) is 5.06. The summed E-state index contributed by atoms with van der Waals surface area (Å²) >= 11 is 0. The average Bonchev–Trinajstić information content (AvgIpc) is 2.03. The number of rotatable bonds is 5. The van der Waals surface area contributed by atoms with Gasteiger partial charge in [0.25, 0.3) is 5.92 Å². The van der Waals surface area contributed by atoms with E-state index in [1.54, 1.807) is 6.92 Å². The second-order valence-corrected chi connectivity index (χ2v) is 2.50. The highest BCUT2D eigenvalue weighted by Crippen LogP contribution is 2.24. The minimum atomic E-state index is -2.90. The van der Waals surface area contributed by atoms with Crippen LogP contribution in [0.3, 0.4) is 0 Å². The summed E-state index contributed by atoms with van der Waals surface area (Å²) in [6, 6.07) is 0. The molecule has 0 aliphatic carbocycles. The minimum absolute atomic E-state index is 0.0670. The number of hydrogen-bond acceptors (Lipinski definition) is 1. The first kappa shape index (κ1) is 11.6. The van der Waals surface area contributed by atoms with Crippen LogP contribution in [0.2, 0.25) is 0 Å². The molecule has 3 heteroatoms. The van der Waals surface area contributed by atoms with E-state index in [0.29, 0.717) is 6.42 Å². The maximum atomic E-state index is 13.0. The molecule has 0 amide bonds. The Morgan fingerprint density at radius 2 is 2.17 bits per heavy atom. The predicted molar refractivity (Wildman–Crippen MR) is 45.1 cm³/mol. The summed E-state index contributed by atoms with van der Waals surface area (Å²) in [7, 11) is 1.27. The molecule has 1 nitrogen and oxygen atoms in total. The first-order valence-corrected chi connectivity index (χ1v) is 3.96. The van der Waals surface area contributed by atoms with Crippen molar-refractivity contribution in [2.75, 3.05) is 7.11 Å². The Balaban J connectivity index is 4.24. The number of alkyl halides is 2. The second-order valence-electron chi connectivity index (χ2n) is 2.50. The van der Waals surface area contributed by atoms with Crippen LogP contribution in [-0.4, -0.2) is 19.1 Å². The van der Waals surface area contributed by atoms with Crippen LogP contribution in [0.15, 0.2) is 12.2 Å². The number of hydrogen-bond donors (Lipinski definition) is 0. The smallest absolute Gasteiger partial charge is 0.292 e. The van der Waals surface area contributed by atoms with Gasteiger partial charge in [0, 0.05) is 7.11 Å².